The van der Waals surface area contributed by atoms with E-state index in [1.54, 1.807) is 6.20 Å². The first-order valence-electron chi connectivity index (χ1n) is 9.00. The van der Waals surface area contributed by atoms with Gasteiger partial charge >= 0.3 is 0 Å². The van der Waals surface area contributed by atoms with E-state index >= 15 is 0 Å². The van der Waals surface area contributed by atoms with Crippen LogP contribution in [0, 0.1) is 0 Å². The molecule has 27 heavy (non-hydrogen) atoms. The summed E-state index contributed by atoms with van der Waals surface area (Å²) < 4.78 is 1.89. The number of carbonyl (C=O) groups excluding carboxylic acids is 1. The van der Waals surface area contributed by atoms with E-state index in [2.05, 4.69) is 15.3 Å². The maximum absolute atomic E-state index is 12.7. The molecule has 5 nitrogen and oxygen atoms in total. The Kier molecular flexibility index (Phi) is 4.66. The number of aromatic nitrogens is 3. The van der Waals surface area contributed by atoms with Gasteiger partial charge in [-0.3, -0.25) is 9.20 Å². The van der Waals surface area contributed by atoms with Crippen LogP contribution in [-0.2, 0) is 4.79 Å². The van der Waals surface area contributed by atoms with Crippen molar-refractivity contribution in [3.05, 3.63) is 84.8 Å². The van der Waals surface area contributed by atoms with Crippen molar-refractivity contribution < 1.29 is 4.79 Å². The molecular weight excluding hydrogens is 336 g/mol. The minimum absolute atomic E-state index is 0.00776. The molecule has 134 valence electrons. The van der Waals surface area contributed by atoms with Crippen molar-refractivity contribution in [3.8, 4) is 11.3 Å². The molecular formula is C22H20N4O. The minimum Gasteiger partial charge on any atom is -0.326 e. The molecule has 0 spiro atoms. The van der Waals surface area contributed by atoms with Crippen molar-refractivity contribution in [3.63, 3.8) is 0 Å². The van der Waals surface area contributed by atoms with Crippen molar-refractivity contribution in [1.82, 2.24) is 14.4 Å². The normalized spacial score (nSPS) is 12.0. The number of anilines is 1. The first kappa shape index (κ1) is 17.0. The van der Waals surface area contributed by atoms with Crippen LogP contribution in [0.15, 0.2) is 79.3 Å². The summed E-state index contributed by atoms with van der Waals surface area (Å²) in [5.41, 5.74) is 3.64. The Hall–Kier alpha value is -3.47. The summed E-state index contributed by atoms with van der Waals surface area (Å²) in [5.74, 6) is 0.516. The van der Waals surface area contributed by atoms with Gasteiger partial charge in [-0.15, -0.1) is 0 Å². The monoisotopic (exact) mass is 356 g/mol. The van der Waals surface area contributed by atoms with E-state index in [1.807, 2.05) is 84.4 Å². The highest BCUT2D eigenvalue weighted by molar-refractivity contribution is 5.96. The number of amides is 1. The Morgan fingerprint density at radius 3 is 2.56 bits per heavy atom. The van der Waals surface area contributed by atoms with E-state index in [9.17, 15) is 4.79 Å². The van der Waals surface area contributed by atoms with Gasteiger partial charge in [0.2, 0.25) is 11.7 Å². The first-order valence-corrected chi connectivity index (χ1v) is 9.00. The zero-order valence-corrected chi connectivity index (χ0v) is 15.0. The molecule has 0 radical (unpaired) electrons. The standard InChI is InChI=1S/C22H20N4O/c1-2-19(16-7-4-3-5-8-16)21(27)24-18-11-9-17(10-12-18)20-15-26-14-6-13-23-22(26)25-20/h3-15,19H,2H2,1H3,(H,24,27). The van der Waals surface area contributed by atoms with Gasteiger partial charge in [-0.25, -0.2) is 9.97 Å². The smallest absolute Gasteiger partial charge is 0.234 e. The summed E-state index contributed by atoms with van der Waals surface area (Å²) >= 11 is 0. The van der Waals surface area contributed by atoms with E-state index in [-0.39, 0.29) is 11.8 Å². The molecule has 4 rings (SSSR count). The van der Waals surface area contributed by atoms with Gasteiger partial charge in [0.05, 0.1) is 11.6 Å². The Morgan fingerprint density at radius 1 is 1.07 bits per heavy atom. The van der Waals surface area contributed by atoms with Gasteiger partial charge in [0, 0.05) is 29.8 Å². The number of hydrogen-bond acceptors (Lipinski definition) is 3. The number of rotatable bonds is 5. The Labute approximate surface area is 157 Å². The molecule has 2 aromatic carbocycles. The van der Waals surface area contributed by atoms with Gasteiger partial charge in [0.1, 0.15) is 0 Å². The van der Waals surface area contributed by atoms with Crippen molar-refractivity contribution in [2.75, 3.05) is 5.32 Å². The number of nitrogens with zero attached hydrogens (tertiary/aromatic N) is 3. The van der Waals surface area contributed by atoms with Crippen molar-refractivity contribution >= 4 is 17.4 Å². The molecule has 0 saturated heterocycles. The number of carbonyl (C=O) groups is 1. The number of benzene rings is 2. The molecule has 1 amide bonds. The lowest BCUT2D eigenvalue weighted by molar-refractivity contribution is -0.117. The Morgan fingerprint density at radius 2 is 1.85 bits per heavy atom. The van der Waals surface area contributed by atoms with Crippen molar-refractivity contribution in [1.29, 1.82) is 0 Å². The predicted octanol–water partition coefficient (Wildman–Crippen LogP) is 4.53. The molecule has 0 aliphatic carbocycles. The molecule has 0 bridgehead atoms. The van der Waals surface area contributed by atoms with E-state index in [0.717, 1.165) is 28.9 Å². The van der Waals surface area contributed by atoms with Crippen LogP contribution in [-0.4, -0.2) is 20.3 Å². The summed E-state index contributed by atoms with van der Waals surface area (Å²) in [5, 5.41) is 3.02. The van der Waals surface area contributed by atoms with Crippen LogP contribution in [0.2, 0.25) is 0 Å². The zero-order valence-electron chi connectivity index (χ0n) is 15.0. The van der Waals surface area contributed by atoms with Gasteiger partial charge in [-0.1, -0.05) is 49.4 Å². The van der Waals surface area contributed by atoms with E-state index in [4.69, 9.17) is 0 Å². The van der Waals surface area contributed by atoms with Crippen LogP contribution in [0.1, 0.15) is 24.8 Å². The van der Waals surface area contributed by atoms with Gasteiger partial charge in [0.25, 0.3) is 0 Å². The Bertz CT molecular complexity index is 1020. The highest BCUT2D eigenvalue weighted by Gasteiger charge is 2.18. The molecule has 0 fully saturated rings. The summed E-state index contributed by atoms with van der Waals surface area (Å²) in [4.78, 5) is 21.4. The molecule has 4 aromatic rings. The third-order valence-electron chi connectivity index (χ3n) is 4.61. The number of nitrogens with one attached hydrogen (secondary N) is 1. The topological polar surface area (TPSA) is 59.3 Å². The molecule has 5 heteroatoms. The van der Waals surface area contributed by atoms with Crippen LogP contribution in [0.25, 0.3) is 17.0 Å². The number of imidazole rings is 1. The van der Waals surface area contributed by atoms with E-state index in [1.165, 1.54) is 0 Å². The van der Waals surface area contributed by atoms with Crippen LogP contribution < -0.4 is 5.32 Å². The van der Waals surface area contributed by atoms with Crippen LogP contribution in [0.4, 0.5) is 5.69 Å². The van der Waals surface area contributed by atoms with Gasteiger partial charge < -0.3 is 5.32 Å². The maximum atomic E-state index is 12.7. The average Bonchev–Trinajstić information content (AvgIpc) is 3.14. The molecule has 1 unspecified atom stereocenters. The summed E-state index contributed by atoms with van der Waals surface area (Å²) in [7, 11) is 0. The minimum atomic E-state index is -0.157. The zero-order chi connectivity index (χ0) is 18.6. The largest absolute Gasteiger partial charge is 0.326 e. The fourth-order valence-electron chi connectivity index (χ4n) is 3.18. The summed E-state index contributed by atoms with van der Waals surface area (Å²) in [6.07, 6.45) is 6.34. The molecule has 1 atom stereocenters. The molecule has 1 N–H and O–H groups in total. The number of fused-ring (bicyclic) bond motifs is 1. The van der Waals surface area contributed by atoms with Gasteiger partial charge in [0.15, 0.2) is 0 Å². The predicted molar refractivity (Wildman–Crippen MR) is 107 cm³/mol. The molecule has 0 aliphatic heterocycles. The summed E-state index contributed by atoms with van der Waals surface area (Å²) in [6, 6.07) is 19.5. The highest BCUT2D eigenvalue weighted by Crippen LogP contribution is 2.24. The lowest BCUT2D eigenvalue weighted by Crippen LogP contribution is -2.20. The van der Waals surface area contributed by atoms with Crippen LogP contribution in [0.5, 0.6) is 0 Å². The van der Waals surface area contributed by atoms with Gasteiger partial charge in [-0.2, -0.15) is 0 Å². The second-order valence-electron chi connectivity index (χ2n) is 6.39. The maximum Gasteiger partial charge on any atom is 0.234 e. The lowest BCUT2D eigenvalue weighted by Gasteiger charge is -2.15. The third kappa shape index (κ3) is 3.58. The summed E-state index contributed by atoms with van der Waals surface area (Å²) in [6.45, 7) is 2.03. The van der Waals surface area contributed by atoms with E-state index in [0.29, 0.717) is 5.78 Å². The highest BCUT2D eigenvalue weighted by atomic mass is 16.1. The fourth-order valence-corrected chi connectivity index (χ4v) is 3.18. The van der Waals surface area contributed by atoms with Crippen molar-refractivity contribution in [2.24, 2.45) is 0 Å². The molecule has 2 aromatic heterocycles. The van der Waals surface area contributed by atoms with E-state index < -0.39 is 0 Å². The lowest BCUT2D eigenvalue weighted by atomic mass is 9.95. The second-order valence-corrected chi connectivity index (χ2v) is 6.39. The second kappa shape index (κ2) is 7.41. The quantitative estimate of drug-likeness (QED) is 0.571. The first-order chi connectivity index (χ1) is 13.2. The Balaban J connectivity index is 1.51. The number of hydrogen-bond donors (Lipinski definition) is 1. The molecule has 0 aliphatic rings. The SMILES string of the molecule is CCC(C(=O)Nc1ccc(-c2cn3cccnc3n2)cc1)c1ccccc1. The van der Waals surface area contributed by atoms with Gasteiger partial charge in [-0.05, 0) is 30.2 Å². The molecule has 0 saturated carbocycles. The van der Waals surface area contributed by atoms with Crippen LogP contribution >= 0.6 is 0 Å². The fraction of sp³-hybridized carbons (Fsp3) is 0.136. The average molecular weight is 356 g/mol. The third-order valence-corrected chi connectivity index (χ3v) is 4.61. The van der Waals surface area contributed by atoms with Crippen molar-refractivity contribution in [2.45, 2.75) is 19.3 Å². The van der Waals surface area contributed by atoms with Crippen LogP contribution in [0.3, 0.4) is 0 Å². The molecule has 2 heterocycles.